The molecule has 2 aromatic carbocycles. The number of hydrogen-bond donors (Lipinski definition) is 1. The Kier molecular flexibility index (Phi) is 5.14. The average molecular weight is 368 g/mol. The standard InChI is InChI=1S/C21H22ClN3O/c1-13(2)20-18(12-23-25(20)17-8-6-16(22)7-9-17)21(26)24-19-10-5-14(3)11-15(19)4/h5-13H,1-4H3,(H,24,26). The minimum Gasteiger partial charge on any atom is -0.322 e. The molecule has 5 heteroatoms. The first-order valence-corrected chi connectivity index (χ1v) is 8.97. The van der Waals surface area contributed by atoms with Gasteiger partial charge < -0.3 is 5.32 Å². The number of nitrogens with one attached hydrogen (secondary N) is 1. The number of benzene rings is 2. The third-order valence-corrected chi connectivity index (χ3v) is 4.55. The molecule has 0 bridgehead atoms. The highest BCUT2D eigenvalue weighted by molar-refractivity contribution is 6.30. The van der Waals surface area contributed by atoms with Crippen molar-refractivity contribution in [2.24, 2.45) is 0 Å². The van der Waals surface area contributed by atoms with E-state index in [0.717, 1.165) is 22.6 Å². The summed E-state index contributed by atoms with van der Waals surface area (Å²) < 4.78 is 1.80. The summed E-state index contributed by atoms with van der Waals surface area (Å²) in [6.07, 6.45) is 1.63. The summed E-state index contributed by atoms with van der Waals surface area (Å²) in [6.45, 7) is 8.13. The minimum atomic E-state index is -0.152. The van der Waals surface area contributed by atoms with Crippen molar-refractivity contribution < 1.29 is 4.79 Å². The van der Waals surface area contributed by atoms with Crippen LogP contribution in [0.2, 0.25) is 5.02 Å². The van der Waals surface area contributed by atoms with E-state index in [4.69, 9.17) is 11.6 Å². The zero-order valence-corrected chi connectivity index (χ0v) is 16.1. The van der Waals surface area contributed by atoms with Crippen LogP contribution in [0.25, 0.3) is 5.69 Å². The molecule has 3 aromatic rings. The number of nitrogens with zero attached hydrogens (tertiary/aromatic N) is 2. The third-order valence-electron chi connectivity index (χ3n) is 4.30. The summed E-state index contributed by atoms with van der Waals surface area (Å²) in [5.74, 6) is -0.0195. The van der Waals surface area contributed by atoms with E-state index >= 15 is 0 Å². The van der Waals surface area contributed by atoms with Gasteiger partial charge in [0.15, 0.2) is 0 Å². The van der Waals surface area contributed by atoms with E-state index in [2.05, 4.69) is 30.3 Å². The minimum absolute atomic E-state index is 0.132. The van der Waals surface area contributed by atoms with Gasteiger partial charge in [0, 0.05) is 10.7 Å². The summed E-state index contributed by atoms with van der Waals surface area (Å²) in [7, 11) is 0. The van der Waals surface area contributed by atoms with Gasteiger partial charge in [-0.3, -0.25) is 4.79 Å². The molecule has 0 spiro atoms. The molecule has 0 unspecified atom stereocenters. The van der Waals surface area contributed by atoms with E-state index in [9.17, 15) is 4.79 Å². The quantitative estimate of drug-likeness (QED) is 0.660. The Bertz CT molecular complexity index is 942. The van der Waals surface area contributed by atoms with Crippen LogP contribution in [0.4, 0.5) is 5.69 Å². The van der Waals surface area contributed by atoms with Crippen LogP contribution in [0.1, 0.15) is 46.9 Å². The van der Waals surface area contributed by atoms with E-state index in [1.54, 1.807) is 10.9 Å². The Morgan fingerprint density at radius 2 is 1.81 bits per heavy atom. The Labute approximate surface area is 158 Å². The second-order valence-corrected chi connectivity index (χ2v) is 7.20. The zero-order chi connectivity index (χ0) is 18.8. The molecule has 0 fully saturated rings. The molecule has 0 aliphatic heterocycles. The van der Waals surface area contributed by atoms with Crippen LogP contribution in [0, 0.1) is 13.8 Å². The van der Waals surface area contributed by atoms with Crippen molar-refractivity contribution in [1.82, 2.24) is 9.78 Å². The molecule has 1 amide bonds. The van der Waals surface area contributed by atoms with Gasteiger partial charge in [-0.1, -0.05) is 43.1 Å². The normalized spacial score (nSPS) is 11.0. The second-order valence-electron chi connectivity index (χ2n) is 6.76. The molecule has 1 N–H and O–H groups in total. The Morgan fingerprint density at radius 3 is 2.42 bits per heavy atom. The number of aromatic nitrogens is 2. The van der Waals surface area contributed by atoms with Gasteiger partial charge >= 0.3 is 0 Å². The number of rotatable bonds is 4. The predicted molar refractivity (Wildman–Crippen MR) is 107 cm³/mol. The Hall–Kier alpha value is -2.59. The highest BCUT2D eigenvalue weighted by Gasteiger charge is 2.21. The number of amides is 1. The lowest BCUT2D eigenvalue weighted by molar-refractivity contribution is 0.102. The molecule has 0 saturated heterocycles. The summed E-state index contributed by atoms with van der Waals surface area (Å²) in [6, 6.07) is 13.4. The van der Waals surface area contributed by atoms with Crippen molar-refractivity contribution in [2.75, 3.05) is 5.32 Å². The number of anilines is 1. The average Bonchev–Trinajstić information content (AvgIpc) is 3.03. The molecule has 0 atom stereocenters. The number of carbonyl (C=O) groups is 1. The fourth-order valence-electron chi connectivity index (χ4n) is 3.02. The lowest BCUT2D eigenvalue weighted by Gasteiger charge is -2.14. The summed E-state index contributed by atoms with van der Waals surface area (Å²) in [5, 5.41) is 8.13. The first-order chi connectivity index (χ1) is 12.4. The molecular weight excluding hydrogens is 346 g/mol. The van der Waals surface area contributed by atoms with Crippen molar-refractivity contribution in [3.05, 3.63) is 76.1 Å². The lowest BCUT2D eigenvalue weighted by Crippen LogP contribution is -2.16. The maximum Gasteiger partial charge on any atom is 0.259 e. The fourth-order valence-corrected chi connectivity index (χ4v) is 3.15. The number of halogens is 1. The van der Waals surface area contributed by atoms with Crippen LogP contribution in [0.3, 0.4) is 0 Å². The predicted octanol–water partition coefficient (Wildman–Crippen LogP) is 5.52. The lowest BCUT2D eigenvalue weighted by atomic mass is 10.0. The summed E-state index contributed by atoms with van der Waals surface area (Å²) >= 11 is 5.98. The van der Waals surface area contributed by atoms with Crippen molar-refractivity contribution in [2.45, 2.75) is 33.6 Å². The SMILES string of the molecule is Cc1ccc(NC(=O)c2cnn(-c3ccc(Cl)cc3)c2C(C)C)c(C)c1. The van der Waals surface area contributed by atoms with Crippen LogP contribution in [-0.2, 0) is 0 Å². The Balaban J connectivity index is 1.97. The van der Waals surface area contributed by atoms with Crippen LogP contribution in [0.5, 0.6) is 0 Å². The molecule has 4 nitrogen and oxygen atoms in total. The molecule has 0 radical (unpaired) electrons. The van der Waals surface area contributed by atoms with Gasteiger partial charge in [0.05, 0.1) is 23.1 Å². The number of hydrogen-bond acceptors (Lipinski definition) is 2. The molecule has 0 aliphatic rings. The van der Waals surface area contributed by atoms with Crippen molar-refractivity contribution in [3.8, 4) is 5.69 Å². The smallest absolute Gasteiger partial charge is 0.259 e. The highest BCUT2D eigenvalue weighted by Crippen LogP contribution is 2.25. The van der Waals surface area contributed by atoms with E-state index in [1.165, 1.54) is 5.56 Å². The monoisotopic (exact) mass is 367 g/mol. The maximum absolute atomic E-state index is 12.9. The van der Waals surface area contributed by atoms with Gasteiger partial charge in [-0.25, -0.2) is 4.68 Å². The molecular formula is C21H22ClN3O. The van der Waals surface area contributed by atoms with Gasteiger partial charge in [0.1, 0.15) is 0 Å². The second kappa shape index (κ2) is 7.34. The van der Waals surface area contributed by atoms with Gasteiger partial charge in [-0.05, 0) is 55.7 Å². The zero-order valence-electron chi connectivity index (χ0n) is 15.4. The number of carbonyl (C=O) groups excluding carboxylic acids is 1. The topological polar surface area (TPSA) is 46.9 Å². The van der Waals surface area contributed by atoms with Gasteiger partial charge in [0.25, 0.3) is 5.91 Å². The molecule has 3 rings (SSSR count). The highest BCUT2D eigenvalue weighted by atomic mass is 35.5. The van der Waals surface area contributed by atoms with Crippen LogP contribution in [-0.4, -0.2) is 15.7 Å². The van der Waals surface area contributed by atoms with Gasteiger partial charge in [0.2, 0.25) is 0 Å². The van der Waals surface area contributed by atoms with E-state index < -0.39 is 0 Å². The van der Waals surface area contributed by atoms with Crippen LogP contribution >= 0.6 is 11.6 Å². The van der Waals surface area contributed by atoms with Crippen molar-refractivity contribution in [3.63, 3.8) is 0 Å². The Morgan fingerprint density at radius 1 is 1.12 bits per heavy atom. The third kappa shape index (κ3) is 3.65. The first kappa shape index (κ1) is 18.2. The van der Waals surface area contributed by atoms with Gasteiger partial charge in [-0.15, -0.1) is 0 Å². The molecule has 26 heavy (non-hydrogen) atoms. The molecule has 1 heterocycles. The van der Waals surface area contributed by atoms with Crippen LogP contribution in [0.15, 0.2) is 48.7 Å². The van der Waals surface area contributed by atoms with Gasteiger partial charge in [-0.2, -0.15) is 5.10 Å². The van der Waals surface area contributed by atoms with Crippen molar-refractivity contribution in [1.29, 1.82) is 0 Å². The van der Waals surface area contributed by atoms with Crippen molar-refractivity contribution >= 4 is 23.2 Å². The summed E-state index contributed by atoms with van der Waals surface area (Å²) in [4.78, 5) is 12.9. The van der Waals surface area contributed by atoms with Crippen LogP contribution < -0.4 is 5.32 Å². The maximum atomic E-state index is 12.9. The van der Waals surface area contributed by atoms with E-state index in [-0.39, 0.29) is 11.8 Å². The molecule has 0 saturated carbocycles. The fraction of sp³-hybridized carbons (Fsp3) is 0.238. The van der Waals surface area contributed by atoms with E-state index in [1.807, 2.05) is 50.2 Å². The first-order valence-electron chi connectivity index (χ1n) is 8.59. The molecule has 134 valence electrons. The largest absolute Gasteiger partial charge is 0.322 e. The molecule has 0 aliphatic carbocycles. The summed E-state index contributed by atoms with van der Waals surface area (Å²) in [5.41, 5.74) is 5.34. The molecule has 1 aromatic heterocycles. The number of aryl methyl sites for hydroxylation is 2. The van der Waals surface area contributed by atoms with E-state index in [0.29, 0.717) is 10.6 Å².